The predicted octanol–water partition coefficient (Wildman–Crippen LogP) is 2.16. The molecule has 1 aromatic carbocycles. The number of benzene rings is 1. The van der Waals surface area contributed by atoms with Gasteiger partial charge in [0, 0.05) is 37.8 Å². The summed E-state index contributed by atoms with van der Waals surface area (Å²) in [5.74, 6) is 0.813. The zero-order valence-electron chi connectivity index (χ0n) is 11.9. The molecule has 2 atom stereocenters. The van der Waals surface area contributed by atoms with Crippen LogP contribution in [-0.4, -0.2) is 50.4 Å². The second kappa shape index (κ2) is 7.84. The summed E-state index contributed by atoms with van der Waals surface area (Å²) < 4.78 is 11.2. The summed E-state index contributed by atoms with van der Waals surface area (Å²) in [7, 11) is 1.77. The molecule has 2 N–H and O–H groups in total. The van der Waals surface area contributed by atoms with E-state index in [0.717, 1.165) is 31.7 Å². The number of rotatable bonds is 6. The van der Waals surface area contributed by atoms with Crippen molar-refractivity contribution in [1.29, 1.82) is 0 Å². The Kier molecular flexibility index (Phi) is 6.10. The van der Waals surface area contributed by atoms with Gasteiger partial charge in [0.25, 0.3) is 0 Å². The third kappa shape index (κ3) is 4.35. The van der Waals surface area contributed by atoms with Gasteiger partial charge in [-0.3, -0.25) is 4.90 Å². The van der Waals surface area contributed by atoms with Gasteiger partial charge in [-0.15, -0.1) is 0 Å². The van der Waals surface area contributed by atoms with Crippen molar-refractivity contribution >= 4 is 11.6 Å². The van der Waals surface area contributed by atoms with Crippen molar-refractivity contribution in [2.45, 2.75) is 25.0 Å². The Hall–Kier alpha value is -0.810. The van der Waals surface area contributed by atoms with Crippen molar-refractivity contribution in [3.63, 3.8) is 0 Å². The molecule has 0 amide bonds. The second-order valence-corrected chi connectivity index (χ2v) is 5.55. The molecule has 0 aromatic heterocycles. The Morgan fingerprint density at radius 1 is 1.45 bits per heavy atom. The van der Waals surface area contributed by atoms with Gasteiger partial charge >= 0.3 is 0 Å². The van der Waals surface area contributed by atoms with Crippen LogP contribution in [0.3, 0.4) is 0 Å². The molecule has 0 bridgehead atoms. The minimum Gasteiger partial charge on any atom is -0.492 e. The molecule has 0 radical (unpaired) electrons. The van der Waals surface area contributed by atoms with Crippen molar-refractivity contribution in [1.82, 2.24) is 4.90 Å². The molecule has 20 heavy (non-hydrogen) atoms. The van der Waals surface area contributed by atoms with E-state index >= 15 is 0 Å². The monoisotopic (exact) mass is 298 g/mol. The predicted molar refractivity (Wildman–Crippen MR) is 81.4 cm³/mol. The van der Waals surface area contributed by atoms with Crippen LogP contribution in [0.2, 0.25) is 5.02 Å². The van der Waals surface area contributed by atoms with Crippen LogP contribution in [0.25, 0.3) is 0 Å². The average molecular weight is 299 g/mol. The lowest BCUT2D eigenvalue weighted by molar-refractivity contribution is 0.00923. The lowest BCUT2D eigenvalue weighted by Gasteiger charge is -2.38. The quantitative estimate of drug-likeness (QED) is 0.874. The minimum atomic E-state index is 0.341. The first-order valence-corrected chi connectivity index (χ1v) is 7.46. The maximum Gasteiger partial charge on any atom is 0.120 e. The molecular weight excluding hydrogens is 276 g/mol. The van der Waals surface area contributed by atoms with Crippen LogP contribution in [0.4, 0.5) is 0 Å². The molecule has 5 heteroatoms. The molecule has 2 rings (SSSR count). The first-order valence-electron chi connectivity index (χ1n) is 7.08. The van der Waals surface area contributed by atoms with Crippen LogP contribution in [0.15, 0.2) is 24.3 Å². The lowest BCUT2D eigenvalue weighted by Crippen LogP contribution is -2.49. The van der Waals surface area contributed by atoms with E-state index in [-0.39, 0.29) is 0 Å². The summed E-state index contributed by atoms with van der Waals surface area (Å²) in [6.45, 7) is 3.20. The zero-order chi connectivity index (χ0) is 14.4. The van der Waals surface area contributed by atoms with Gasteiger partial charge in [0.1, 0.15) is 12.4 Å². The SMILES string of the molecule is COC1CCN(CCOc2cccc(Cl)c2)C(CN)C1. The van der Waals surface area contributed by atoms with Gasteiger partial charge in [0.05, 0.1) is 6.10 Å². The fourth-order valence-electron chi connectivity index (χ4n) is 2.65. The number of hydrogen-bond acceptors (Lipinski definition) is 4. The van der Waals surface area contributed by atoms with E-state index in [9.17, 15) is 0 Å². The Morgan fingerprint density at radius 2 is 2.30 bits per heavy atom. The molecule has 0 spiro atoms. The molecule has 2 unspecified atom stereocenters. The molecule has 4 nitrogen and oxygen atoms in total. The summed E-state index contributed by atoms with van der Waals surface area (Å²) in [4.78, 5) is 2.39. The maximum atomic E-state index is 5.93. The highest BCUT2D eigenvalue weighted by Crippen LogP contribution is 2.20. The Bertz CT molecular complexity index is 417. The van der Waals surface area contributed by atoms with Crippen LogP contribution in [0, 0.1) is 0 Å². The number of ether oxygens (including phenoxy) is 2. The molecule has 1 saturated heterocycles. The van der Waals surface area contributed by atoms with Crippen molar-refractivity contribution in [3.05, 3.63) is 29.3 Å². The highest BCUT2D eigenvalue weighted by molar-refractivity contribution is 6.30. The first-order chi connectivity index (χ1) is 9.72. The number of hydrogen-bond donors (Lipinski definition) is 1. The molecule has 112 valence electrons. The highest BCUT2D eigenvalue weighted by atomic mass is 35.5. The van der Waals surface area contributed by atoms with E-state index in [1.165, 1.54) is 0 Å². The van der Waals surface area contributed by atoms with Crippen LogP contribution < -0.4 is 10.5 Å². The summed E-state index contributed by atoms with van der Waals surface area (Å²) in [6.07, 6.45) is 2.41. The summed E-state index contributed by atoms with van der Waals surface area (Å²) in [5.41, 5.74) is 5.86. The topological polar surface area (TPSA) is 47.7 Å². The molecular formula is C15H23ClN2O2. The van der Waals surface area contributed by atoms with Crippen molar-refractivity contribution in [2.75, 3.05) is 33.4 Å². The van der Waals surface area contributed by atoms with Gasteiger partial charge in [-0.05, 0) is 31.0 Å². The highest BCUT2D eigenvalue weighted by Gasteiger charge is 2.27. The standard InChI is InChI=1S/C15H23ClN2O2/c1-19-14-5-6-18(13(10-14)11-17)7-8-20-15-4-2-3-12(16)9-15/h2-4,9,13-14H,5-8,10-11,17H2,1H3. The number of likely N-dealkylation sites (tertiary alicyclic amines) is 1. The molecule has 1 aliphatic heterocycles. The zero-order valence-corrected chi connectivity index (χ0v) is 12.7. The van der Waals surface area contributed by atoms with E-state index in [1.54, 1.807) is 7.11 Å². The van der Waals surface area contributed by atoms with Gasteiger partial charge in [-0.25, -0.2) is 0 Å². The first kappa shape index (κ1) is 15.6. The van der Waals surface area contributed by atoms with E-state index in [4.69, 9.17) is 26.8 Å². The van der Waals surface area contributed by atoms with Gasteiger partial charge in [-0.1, -0.05) is 17.7 Å². The average Bonchev–Trinajstić information content (AvgIpc) is 2.47. The summed E-state index contributed by atoms with van der Waals surface area (Å²) in [5, 5.41) is 0.697. The van der Waals surface area contributed by atoms with Crippen LogP contribution in [0.1, 0.15) is 12.8 Å². The molecule has 1 heterocycles. The van der Waals surface area contributed by atoms with E-state index in [2.05, 4.69) is 4.90 Å². The third-order valence-electron chi connectivity index (χ3n) is 3.84. The number of nitrogens with zero attached hydrogens (tertiary/aromatic N) is 1. The summed E-state index contributed by atoms with van der Waals surface area (Å²) >= 11 is 5.93. The second-order valence-electron chi connectivity index (χ2n) is 5.11. The fraction of sp³-hybridized carbons (Fsp3) is 0.600. The Balaban J connectivity index is 1.78. The smallest absolute Gasteiger partial charge is 0.120 e. The van der Waals surface area contributed by atoms with Crippen LogP contribution >= 0.6 is 11.6 Å². The summed E-state index contributed by atoms with van der Waals surface area (Å²) in [6, 6.07) is 7.87. The Morgan fingerprint density at radius 3 is 3.00 bits per heavy atom. The van der Waals surface area contributed by atoms with Crippen LogP contribution in [-0.2, 0) is 4.74 Å². The van der Waals surface area contributed by atoms with E-state index in [1.807, 2.05) is 24.3 Å². The van der Waals surface area contributed by atoms with Crippen molar-refractivity contribution in [2.24, 2.45) is 5.73 Å². The molecule has 1 aromatic rings. The van der Waals surface area contributed by atoms with Gasteiger partial charge < -0.3 is 15.2 Å². The number of piperidine rings is 1. The maximum absolute atomic E-state index is 5.93. The fourth-order valence-corrected chi connectivity index (χ4v) is 2.83. The lowest BCUT2D eigenvalue weighted by atomic mass is 9.99. The normalized spacial score (nSPS) is 23.8. The Labute approximate surface area is 125 Å². The molecule has 1 fully saturated rings. The van der Waals surface area contributed by atoms with Crippen molar-refractivity contribution in [3.8, 4) is 5.75 Å². The van der Waals surface area contributed by atoms with Gasteiger partial charge in [-0.2, -0.15) is 0 Å². The largest absolute Gasteiger partial charge is 0.492 e. The van der Waals surface area contributed by atoms with Crippen LogP contribution in [0.5, 0.6) is 5.75 Å². The van der Waals surface area contributed by atoms with E-state index in [0.29, 0.717) is 30.3 Å². The molecule has 1 aliphatic rings. The van der Waals surface area contributed by atoms with Crippen molar-refractivity contribution < 1.29 is 9.47 Å². The van der Waals surface area contributed by atoms with E-state index < -0.39 is 0 Å². The van der Waals surface area contributed by atoms with Gasteiger partial charge in [0.2, 0.25) is 0 Å². The molecule has 0 saturated carbocycles. The number of nitrogens with two attached hydrogens (primary N) is 1. The minimum absolute atomic E-state index is 0.341. The molecule has 0 aliphatic carbocycles. The third-order valence-corrected chi connectivity index (χ3v) is 4.07. The number of halogens is 1. The van der Waals surface area contributed by atoms with Gasteiger partial charge in [0.15, 0.2) is 0 Å². The number of methoxy groups -OCH3 is 1.